The fourth-order valence-electron chi connectivity index (χ4n) is 4.34. The predicted octanol–water partition coefficient (Wildman–Crippen LogP) is 3.24. The number of ether oxygens (including phenoxy) is 1. The van der Waals surface area contributed by atoms with Crippen LogP contribution >= 0.6 is 0 Å². The highest BCUT2D eigenvalue weighted by atomic mass is 19.1. The van der Waals surface area contributed by atoms with Crippen LogP contribution in [0.3, 0.4) is 0 Å². The van der Waals surface area contributed by atoms with Gasteiger partial charge in [-0.1, -0.05) is 30.3 Å². The van der Waals surface area contributed by atoms with Gasteiger partial charge in [0.1, 0.15) is 5.82 Å². The zero-order valence-electron chi connectivity index (χ0n) is 18.7. The van der Waals surface area contributed by atoms with E-state index < -0.39 is 23.9 Å². The minimum Gasteiger partial charge on any atom is -0.389 e. The van der Waals surface area contributed by atoms with Gasteiger partial charge in [-0.15, -0.1) is 0 Å². The van der Waals surface area contributed by atoms with E-state index in [0.717, 1.165) is 27.8 Å². The van der Waals surface area contributed by atoms with Gasteiger partial charge in [0.25, 0.3) is 5.91 Å². The lowest BCUT2D eigenvalue weighted by Crippen LogP contribution is -2.48. The van der Waals surface area contributed by atoms with Crippen LogP contribution < -0.4 is 5.32 Å². The first-order valence-electron chi connectivity index (χ1n) is 11.2. The van der Waals surface area contributed by atoms with Gasteiger partial charge in [-0.2, -0.15) is 5.10 Å². The molecule has 1 aliphatic heterocycles. The fraction of sp³-hybridized carbons (Fsp3) is 0.269. The van der Waals surface area contributed by atoms with Crippen LogP contribution in [0.5, 0.6) is 0 Å². The number of aliphatic hydroxyl groups is 1. The lowest BCUT2D eigenvalue weighted by Gasteiger charge is -2.28. The third-order valence-electron chi connectivity index (χ3n) is 6.17. The van der Waals surface area contributed by atoms with E-state index in [0.29, 0.717) is 24.8 Å². The molecule has 4 aromatic rings. The van der Waals surface area contributed by atoms with Gasteiger partial charge < -0.3 is 15.2 Å². The molecule has 0 unspecified atom stereocenters. The van der Waals surface area contributed by atoms with E-state index >= 15 is 4.39 Å². The maximum atomic E-state index is 15.4. The SMILES string of the molecule is Cn1cc(-c2ccc(Cc3cc(C(=O)N[C@@H]4CCOC[C@H]4O)c(F)c4ccccc34)cn2)cn1. The van der Waals surface area contributed by atoms with Crippen molar-refractivity contribution in [2.24, 2.45) is 7.05 Å². The molecule has 2 atom stereocenters. The second-order valence-electron chi connectivity index (χ2n) is 8.58. The number of aromatic nitrogens is 3. The summed E-state index contributed by atoms with van der Waals surface area (Å²) < 4.78 is 22.3. The molecule has 0 saturated carbocycles. The number of carbonyl (C=O) groups excluding carboxylic acids is 1. The van der Waals surface area contributed by atoms with E-state index in [2.05, 4.69) is 15.4 Å². The number of aryl methyl sites for hydroxylation is 1. The van der Waals surface area contributed by atoms with Crippen molar-refractivity contribution in [3.63, 3.8) is 0 Å². The third kappa shape index (κ3) is 4.42. The van der Waals surface area contributed by atoms with Crippen molar-refractivity contribution in [2.75, 3.05) is 13.2 Å². The van der Waals surface area contributed by atoms with E-state index in [1.165, 1.54) is 0 Å². The summed E-state index contributed by atoms with van der Waals surface area (Å²) in [6.07, 6.45) is 5.60. The Kier molecular flexibility index (Phi) is 6.08. The van der Waals surface area contributed by atoms with Gasteiger partial charge in [0.2, 0.25) is 0 Å². The minimum atomic E-state index is -0.815. The van der Waals surface area contributed by atoms with Crippen molar-refractivity contribution in [1.82, 2.24) is 20.1 Å². The van der Waals surface area contributed by atoms with Crippen LogP contribution in [-0.4, -0.2) is 51.1 Å². The molecule has 1 amide bonds. The first-order chi connectivity index (χ1) is 16.5. The predicted molar refractivity (Wildman–Crippen MR) is 126 cm³/mol. The summed E-state index contributed by atoms with van der Waals surface area (Å²) in [6.45, 7) is 0.591. The summed E-state index contributed by atoms with van der Waals surface area (Å²) in [4.78, 5) is 17.6. The smallest absolute Gasteiger partial charge is 0.254 e. The molecule has 5 rings (SSSR count). The summed E-state index contributed by atoms with van der Waals surface area (Å²) in [7, 11) is 1.86. The zero-order chi connectivity index (χ0) is 23.7. The number of hydrogen-bond donors (Lipinski definition) is 2. The second kappa shape index (κ2) is 9.32. The summed E-state index contributed by atoms with van der Waals surface area (Å²) in [6, 6.07) is 12.2. The Morgan fingerprint density at radius 2 is 2.06 bits per heavy atom. The molecule has 34 heavy (non-hydrogen) atoms. The van der Waals surface area contributed by atoms with Crippen molar-refractivity contribution >= 4 is 16.7 Å². The van der Waals surface area contributed by atoms with Crippen LogP contribution in [0.1, 0.15) is 27.9 Å². The molecule has 2 aromatic heterocycles. The van der Waals surface area contributed by atoms with Gasteiger partial charge in [0, 0.05) is 37.0 Å². The van der Waals surface area contributed by atoms with Crippen molar-refractivity contribution in [3.8, 4) is 11.3 Å². The molecule has 7 nitrogen and oxygen atoms in total. The second-order valence-corrected chi connectivity index (χ2v) is 8.58. The zero-order valence-corrected chi connectivity index (χ0v) is 18.7. The highest BCUT2D eigenvalue weighted by Gasteiger charge is 2.27. The molecular formula is C26H25FN4O3. The van der Waals surface area contributed by atoms with Gasteiger partial charge in [-0.05, 0) is 41.5 Å². The van der Waals surface area contributed by atoms with Crippen molar-refractivity contribution in [3.05, 3.63) is 83.6 Å². The lowest BCUT2D eigenvalue weighted by atomic mass is 9.95. The largest absolute Gasteiger partial charge is 0.389 e. The number of carbonyl (C=O) groups is 1. The summed E-state index contributed by atoms with van der Waals surface area (Å²) in [5.74, 6) is -1.11. The molecule has 1 aliphatic rings. The molecular weight excluding hydrogens is 435 g/mol. The van der Waals surface area contributed by atoms with E-state index in [4.69, 9.17) is 4.74 Å². The van der Waals surface area contributed by atoms with Crippen LogP contribution in [0.2, 0.25) is 0 Å². The lowest BCUT2D eigenvalue weighted by molar-refractivity contribution is -0.0261. The number of benzene rings is 2. The van der Waals surface area contributed by atoms with Crippen molar-refractivity contribution in [1.29, 1.82) is 0 Å². The Hall–Kier alpha value is -3.62. The molecule has 174 valence electrons. The molecule has 8 heteroatoms. The van der Waals surface area contributed by atoms with E-state index in [9.17, 15) is 9.90 Å². The van der Waals surface area contributed by atoms with Crippen molar-refractivity contribution < 1.29 is 19.0 Å². The van der Waals surface area contributed by atoms with Crippen LogP contribution in [0.15, 0.2) is 61.1 Å². The average molecular weight is 461 g/mol. The molecule has 2 N–H and O–H groups in total. The van der Waals surface area contributed by atoms with E-state index in [-0.39, 0.29) is 12.2 Å². The third-order valence-corrected chi connectivity index (χ3v) is 6.17. The summed E-state index contributed by atoms with van der Waals surface area (Å²) in [5.41, 5.74) is 3.47. The van der Waals surface area contributed by atoms with Gasteiger partial charge in [-0.3, -0.25) is 14.5 Å². The van der Waals surface area contributed by atoms with Crippen LogP contribution in [0.4, 0.5) is 4.39 Å². The van der Waals surface area contributed by atoms with Gasteiger partial charge >= 0.3 is 0 Å². The van der Waals surface area contributed by atoms with Crippen LogP contribution in [0, 0.1) is 5.82 Å². The van der Waals surface area contributed by atoms with Crippen LogP contribution in [-0.2, 0) is 18.2 Å². The monoisotopic (exact) mass is 460 g/mol. The van der Waals surface area contributed by atoms with E-state index in [1.807, 2.05) is 37.5 Å². The molecule has 0 spiro atoms. The number of hydrogen-bond acceptors (Lipinski definition) is 5. The fourth-order valence-corrected chi connectivity index (χ4v) is 4.34. The average Bonchev–Trinajstić information content (AvgIpc) is 3.29. The molecule has 3 heterocycles. The molecule has 0 radical (unpaired) electrons. The highest BCUT2D eigenvalue weighted by Crippen LogP contribution is 2.28. The maximum Gasteiger partial charge on any atom is 0.254 e. The first kappa shape index (κ1) is 22.2. The van der Waals surface area contributed by atoms with E-state index in [1.54, 1.807) is 35.3 Å². The number of fused-ring (bicyclic) bond motifs is 1. The Labute approximate surface area is 196 Å². The number of aliphatic hydroxyl groups excluding tert-OH is 1. The van der Waals surface area contributed by atoms with Gasteiger partial charge in [0.05, 0.1) is 36.2 Å². The Bertz CT molecular complexity index is 1340. The molecule has 2 aromatic carbocycles. The maximum absolute atomic E-state index is 15.4. The molecule has 1 fully saturated rings. The van der Waals surface area contributed by atoms with Gasteiger partial charge in [-0.25, -0.2) is 4.39 Å². The Morgan fingerprint density at radius 1 is 1.24 bits per heavy atom. The highest BCUT2D eigenvalue weighted by molar-refractivity contribution is 6.00. The molecule has 0 aliphatic carbocycles. The minimum absolute atomic E-state index is 0.0349. The Balaban J connectivity index is 1.46. The summed E-state index contributed by atoms with van der Waals surface area (Å²) in [5, 5.41) is 18.2. The number of pyridine rings is 1. The number of nitrogens with zero attached hydrogens (tertiary/aromatic N) is 3. The summed E-state index contributed by atoms with van der Waals surface area (Å²) >= 11 is 0. The van der Waals surface area contributed by atoms with Gasteiger partial charge in [0.15, 0.2) is 0 Å². The normalized spacial score (nSPS) is 18.2. The standard InChI is InChI=1S/C26H25FN4O3/c1-31-14-18(13-29-31)22-7-6-16(12-28-22)10-17-11-21(25(27)20-5-3-2-4-19(17)20)26(33)30-23-8-9-34-15-24(23)32/h2-7,11-14,23-24,32H,8-10,15H2,1H3,(H,30,33)/t23-,24-/m1/s1. The first-order valence-corrected chi connectivity index (χ1v) is 11.2. The van der Waals surface area contributed by atoms with Crippen LogP contribution in [0.25, 0.3) is 22.0 Å². The molecule has 1 saturated heterocycles. The Morgan fingerprint density at radius 3 is 2.76 bits per heavy atom. The quantitative estimate of drug-likeness (QED) is 0.477. The number of rotatable bonds is 5. The van der Waals surface area contributed by atoms with Crippen molar-refractivity contribution in [2.45, 2.75) is 25.0 Å². The number of amides is 1. The number of halogens is 1. The topological polar surface area (TPSA) is 89.3 Å². The number of nitrogens with one attached hydrogen (secondary N) is 1. The molecule has 0 bridgehead atoms.